The van der Waals surface area contributed by atoms with Crippen LogP contribution in [0.25, 0.3) is 0 Å². The third-order valence-electron chi connectivity index (χ3n) is 2.97. The molecule has 14 heavy (non-hydrogen) atoms. The van der Waals surface area contributed by atoms with Gasteiger partial charge in [-0.1, -0.05) is 19.1 Å². The Labute approximate surface area is 82.9 Å². The van der Waals surface area contributed by atoms with Crippen LogP contribution in [0.2, 0.25) is 0 Å². The smallest absolute Gasteiger partial charge is 0.258 e. The number of rotatable bonds is 2. The summed E-state index contributed by atoms with van der Waals surface area (Å²) in [6.07, 6.45) is 4.42. The van der Waals surface area contributed by atoms with E-state index in [1.165, 1.54) is 6.07 Å². The molecule has 1 fully saturated rings. The predicted octanol–water partition coefficient (Wildman–Crippen LogP) is 2.85. The first-order valence-corrected chi connectivity index (χ1v) is 4.71. The summed E-state index contributed by atoms with van der Waals surface area (Å²) in [5.41, 5.74) is 1.30. The maximum Gasteiger partial charge on any atom is 0.269 e. The number of nitro benzene ring substituents is 1. The minimum atomic E-state index is -0.342. The number of nitrogens with zero attached hydrogens (tertiary/aromatic N) is 1. The molecular formula is C11H12NO2. The van der Waals surface area contributed by atoms with Crippen LogP contribution in [0.3, 0.4) is 0 Å². The van der Waals surface area contributed by atoms with Crippen molar-refractivity contribution in [3.8, 4) is 0 Å². The highest BCUT2D eigenvalue weighted by Gasteiger charge is 2.34. The first kappa shape index (κ1) is 9.19. The van der Waals surface area contributed by atoms with Crippen LogP contribution in [-0.2, 0) is 5.41 Å². The molecule has 1 aromatic carbocycles. The summed E-state index contributed by atoms with van der Waals surface area (Å²) in [4.78, 5) is 10.2. The molecule has 0 saturated heterocycles. The van der Waals surface area contributed by atoms with Crippen molar-refractivity contribution in [2.24, 2.45) is 0 Å². The summed E-state index contributed by atoms with van der Waals surface area (Å²) >= 11 is 0. The van der Waals surface area contributed by atoms with Gasteiger partial charge in [0.15, 0.2) is 0 Å². The molecule has 0 amide bonds. The molecule has 1 aromatic rings. The molecule has 0 bridgehead atoms. The van der Waals surface area contributed by atoms with E-state index >= 15 is 0 Å². The Morgan fingerprint density at radius 1 is 1.50 bits per heavy atom. The van der Waals surface area contributed by atoms with Gasteiger partial charge >= 0.3 is 0 Å². The van der Waals surface area contributed by atoms with Crippen LogP contribution in [0, 0.1) is 16.5 Å². The highest BCUT2D eigenvalue weighted by atomic mass is 16.6. The van der Waals surface area contributed by atoms with E-state index in [0.29, 0.717) is 0 Å². The van der Waals surface area contributed by atoms with E-state index in [1.807, 2.05) is 6.07 Å². The van der Waals surface area contributed by atoms with Gasteiger partial charge in [-0.05, 0) is 30.2 Å². The van der Waals surface area contributed by atoms with Crippen molar-refractivity contribution in [2.75, 3.05) is 0 Å². The van der Waals surface area contributed by atoms with Gasteiger partial charge in [-0.2, -0.15) is 0 Å². The van der Waals surface area contributed by atoms with Gasteiger partial charge in [0.25, 0.3) is 5.69 Å². The maximum atomic E-state index is 10.6. The Morgan fingerprint density at radius 2 is 2.21 bits per heavy atom. The fourth-order valence-corrected chi connectivity index (χ4v) is 1.81. The van der Waals surface area contributed by atoms with Crippen molar-refractivity contribution >= 4 is 5.69 Å². The molecule has 2 rings (SSSR count). The molecule has 0 N–H and O–H groups in total. The quantitative estimate of drug-likeness (QED) is 0.531. The van der Waals surface area contributed by atoms with Gasteiger partial charge in [0.2, 0.25) is 0 Å². The molecule has 1 saturated carbocycles. The molecular weight excluding hydrogens is 178 g/mol. The van der Waals surface area contributed by atoms with Crippen molar-refractivity contribution in [3.63, 3.8) is 0 Å². The average molecular weight is 190 g/mol. The van der Waals surface area contributed by atoms with E-state index in [1.54, 1.807) is 12.1 Å². The van der Waals surface area contributed by atoms with Crippen molar-refractivity contribution < 1.29 is 4.92 Å². The second-order valence-corrected chi connectivity index (χ2v) is 3.97. The Bertz CT molecular complexity index is 369. The Balaban J connectivity index is 2.35. The van der Waals surface area contributed by atoms with Gasteiger partial charge in [-0.3, -0.25) is 10.1 Å². The number of non-ortho nitro benzene ring substituents is 1. The van der Waals surface area contributed by atoms with Crippen LogP contribution in [-0.4, -0.2) is 4.92 Å². The lowest BCUT2D eigenvalue weighted by Crippen LogP contribution is -2.31. The van der Waals surface area contributed by atoms with Gasteiger partial charge in [0, 0.05) is 12.1 Å². The fraction of sp³-hybridized carbons (Fsp3) is 0.364. The van der Waals surface area contributed by atoms with Gasteiger partial charge in [-0.15, -0.1) is 0 Å². The molecule has 3 nitrogen and oxygen atoms in total. The third kappa shape index (κ3) is 1.39. The molecule has 1 aliphatic carbocycles. The van der Waals surface area contributed by atoms with Crippen LogP contribution < -0.4 is 0 Å². The molecule has 1 atom stereocenters. The van der Waals surface area contributed by atoms with Gasteiger partial charge in [0.05, 0.1) is 4.92 Å². The predicted molar refractivity (Wildman–Crippen MR) is 54.0 cm³/mol. The van der Waals surface area contributed by atoms with Crippen LogP contribution in [0.5, 0.6) is 0 Å². The summed E-state index contributed by atoms with van der Waals surface area (Å²) in [6.45, 7) is 2.12. The lowest BCUT2D eigenvalue weighted by Gasteiger charge is -2.38. The van der Waals surface area contributed by atoms with E-state index in [2.05, 4.69) is 13.3 Å². The first-order valence-electron chi connectivity index (χ1n) is 4.71. The summed E-state index contributed by atoms with van der Waals surface area (Å²) in [5, 5.41) is 10.6. The average Bonchev–Trinajstić information content (AvgIpc) is 2.14. The zero-order valence-corrected chi connectivity index (χ0v) is 8.06. The van der Waals surface area contributed by atoms with Crippen LogP contribution in [0.15, 0.2) is 24.3 Å². The number of hydrogen-bond donors (Lipinski definition) is 0. The zero-order chi connectivity index (χ0) is 10.2. The number of nitro groups is 1. The normalized spacial score (nSPS) is 18.6. The number of hydrogen-bond acceptors (Lipinski definition) is 2. The van der Waals surface area contributed by atoms with Gasteiger partial charge < -0.3 is 0 Å². The molecule has 1 unspecified atom stereocenters. The SMILES string of the molecule is CC1(c2cccc([N+](=O)[O-])c2)[CH]CC1. The first-order chi connectivity index (χ1) is 6.62. The summed E-state index contributed by atoms with van der Waals surface area (Å²) in [7, 11) is 0. The molecule has 3 heteroatoms. The second-order valence-electron chi connectivity index (χ2n) is 3.97. The van der Waals surface area contributed by atoms with Crippen LogP contribution in [0.1, 0.15) is 25.3 Å². The largest absolute Gasteiger partial charge is 0.269 e. The highest BCUT2D eigenvalue weighted by molar-refractivity contribution is 5.41. The van der Waals surface area contributed by atoms with E-state index in [-0.39, 0.29) is 16.0 Å². The van der Waals surface area contributed by atoms with E-state index < -0.39 is 0 Å². The molecule has 1 aliphatic rings. The van der Waals surface area contributed by atoms with E-state index in [9.17, 15) is 10.1 Å². The standard InChI is InChI=1S/C11H12NO2/c1-11(6-3-7-11)9-4-2-5-10(8-9)12(13)14/h2,4-6,8H,3,7H2,1H3. The van der Waals surface area contributed by atoms with Crippen molar-refractivity contribution in [1.82, 2.24) is 0 Å². The maximum absolute atomic E-state index is 10.6. The molecule has 0 aliphatic heterocycles. The third-order valence-corrected chi connectivity index (χ3v) is 2.97. The molecule has 73 valence electrons. The molecule has 0 aromatic heterocycles. The Morgan fingerprint density at radius 3 is 2.71 bits per heavy atom. The van der Waals surface area contributed by atoms with Crippen molar-refractivity contribution in [2.45, 2.75) is 25.2 Å². The van der Waals surface area contributed by atoms with Crippen LogP contribution in [0.4, 0.5) is 5.69 Å². The highest BCUT2D eigenvalue weighted by Crippen LogP contribution is 2.42. The Kier molecular flexibility index (Phi) is 2.02. The Hall–Kier alpha value is -1.38. The topological polar surface area (TPSA) is 43.1 Å². The lowest BCUT2D eigenvalue weighted by molar-refractivity contribution is -0.385. The molecule has 0 spiro atoms. The molecule has 0 heterocycles. The monoisotopic (exact) mass is 190 g/mol. The minimum Gasteiger partial charge on any atom is -0.258 e. The van der Waals surface area contributed by atoms with Crippen molar-refractivity contribution in [3.05, 3.63) is 46.4 Å². The van der Waals surface area contributed by atoms with Gasteiger partial charge in [0.1, 0.15) is 0 Å². The van der Waals surface area contributed by atoms with Gasteiger partial charge in [-0.25, -0.2) is 0 Å². The van der Waals surface area contributed by atoms with E-state index in [0.717, 1.165) is 18.4 Å². The summed E-state index contributed by atoms with van der Waals surface area (Å²) in [6, 6.07) is 6.93. The number of benzene rings is 1. The van der Waals surface area contributed by atoms with E-state index in [4.69, 9.17) is 0 Å². The summed E-state index contributed by atoms with van der Waals surface area (Å²) in [5.74, 6) is 0. The molecule has 1 radical (unpaired) electrons. The fourth-order valence-electron chi connectivity index (χ4n) is 1.81. The summed E-state index contributed by atoms with van der Waals surface area (Å²) < 4.78 is 0. The minimum absolute atomic E-state index is 0.0615. The van der Waals surface area contributed by atoms with Crippen molar-refractivity contribution in [1.29, 1.82) is 0 Å². The zero-order valence-electron chi connectivity index (χ0n) is 8.06. The lowest BCUT2D eigenvalue weighted by atomic mass is 9.66. The van der Waals surface area contributed by atoms with Crippen LogP contribution >= 0.6 is 0 Å². The second kappa shape index (κ2) is 3.08.